The first kappa shape index (κ1) is 16.4. The number of rotatable bonds is 5. The van der Waals surface area contributed by atoms with E-state index in [1.807, 2.05) is 24.6 Å². The van der Waals surface area contributed by atoms with E-state index < -0.39 is 11.9 Å². The first-order valence-corrected chi connectivity index (χ1v) is 7.86. The molecule has 0 aliphatic rings. The van der Waals surface area contributed by atoms with Crippen molar-refractivity contribution in [2.75, 3.05) is 0 Å². The van der Waals surface area contributed by atoms with Gasteiger partial charge in [-0.05, 0) is 41.4 Å². The zero-order chi connectivity index (χ0) is 15.6. The quantitative estimate of drug-likeness (QED) is 0.477. The van der Waals surface area contributed by atoms with E-state index in [1.165, 1.54) is 0 Å². The van der Waals surface area contributed by atoms with Crippen molar-refractivity contribution in [1.82, 2.24) is 15.2 Å². The summed E-state index contributed by atoms with van der Waals surface area (Å²) in [6, 6.07) is 4.79. The lowest BCUT2D eigenvalue weighted by atomic mass is 10.0. The highest BCUT2D eigenvalue weighted by Gasteiger charge is 2.23. The van der Waals surface area contributed by atoms with Crippen LogP contribution in [0.2, 0.25) is 5.02 Å². The molecule has 2 rings (SSSR count). The predicted octanol–water partition coefficient (Wildman–Crippen LogP) is 3.57. The molecule has 0 aliphatic carbocycles. The summed E-state index contributed by atoms with van der Waals surface area (Å²) >= 11 is 9.17. The summed E-state index contributed by atoms with van der Waals surface area (Å²) in [4.78, 5) is 0. The first-order chi connectivity index (χ1) is 10.0. The number of hydrogen-bond donors (Lipinski definition) is 2. The van der Waals surface area contributed by atoms with Gasteiger partial charge in [-0.25, -0.2) is 9.82 Å². The van der Waals surface area contributed by atoms with Gasteiger partial charge in [-0.15, -0.1) is 0 Å². The van der Waals surface area contributed by atoms with E-state index in [2.05, 4.69) is 26.5 Å². The number of nitrogens with zero attached hydrogens (tertiary/aromatic N) is 2. The maximum absolute atomic E-state index is 14.4. The third kappa shape index (κ3) is 3.13. The highest BCUT2D eigenvalue weighted by atomic mass is 79.9. The lowest BCUT2D eigenvalue weighted by Gasteiger charge is -2.19. The minimum atomic E-state index is -0.511. The van der Waals surface area contributed by atoms with Crippen LogP contribution in [0, 0.1) is 5.82 Å². The van der Waals surface area contributed by atoms with E-state index in [0.717, 1.165) is 17.8 Å². The van der Waals surface area contributed by atoms with Crippen LogP contribution < -0.4 is 11.3 Å². The Morgan fingerprint density at radius 1 is 1.48 bits per heavy atom. The standard InChI is InChI=1S/C14H17BrClFN4/c1-3-8-7-11(21(4-2)20-8)14(19-18)9-5-6-10(15)12(16)13(9)17/h5-7,14,19H,3-4,18H2,1-2H3. The van der Waals surface area contributed by atoms with Crippen LogP contribution >= 0.6 is 27.5 Å². The van der Waals surface area contributed by atoms with Crippen molar-refractivity contribution in [3.05, 3.63) is 50.5 Å². The van der Waals surface area contributed by atoms with Gasteiger partial charge in [-0.2, -0.15) is 5.10 Å². The third-order valence-electron chi connectivity index (χ3n) is 3.36. The fourth-order valence-corrected chi connectivity index (χ4v) is 2.72. The van der Waals surface area contributed by atoms with Gasteiger partial charge in [0.05, 0.1) is 22.5 Å². The number of halogens is 3. The fraction of sp³-hybridized carbons (Fsp3) is 0.357. The molecule has 1 aromatic carbocycles. The SMILES string of the molecule is CCc1cc(C(NN)c2ccc(Br)c(Cl)c2F)n(CC)n1. The van der Waals surface area contributed by atoms with Crippen LogP contribution in [-0.4, -0.2) is 9.78 Å². The molecular formula is C14H17BrClFN4. The summed E-state index contributed by atoms with van der Waals surface area (Å²) in [5, 5.41) is 4.51. The molecule has 4 nitrogen and oxygen atoms in total. The summed E-state index contributed by atoms with van der Waals surface area (Å²) in [5.74, 6) is 5.17. The fourth-order valence-electron chi connectivity index (χ4n) is 2.24. The Morgan fingerprint density at radius 2 is 2.19 bits per heavy atom. The topological polar surface area (TPSA) is 55.9 Å². The van der Waals surface area contributed by atoms with Crippen LogP contribution in [0.4, 0.5) is 4.39 Å². The van der Waals surface area contributed by atoms with Crippen molar-refractivity contribution in [3.63, 3.8) is 0 Å². The average molecular weight is 376 g/mol. The van der Waals surface area contributed by atoms with Crippen LogP contribution in [0.25, 0.3) is 0 Å². The summed E-state index contributed by atoms with van der Waals surface area (Å²) in [7, 11) is 0. The Morgan fingerprint density at radius 3 is 2.76 bits per heavy atom. The lowest BCUT2D eigenvalue weighted by Crippen LogP contribution is -2.31. The highest BCUT2D eigenvalue weighted by molar-refractivity contribution is 9.10. The Balaban J connectivity index is 2.54. The molecule has 3 N–H and O–H groups in total. The number of aryl methyl sites for hydroxylation is 2. The van der Waals surface area contributed by atoms with Crippen LogP contribution in [0.15, 0.2) is 22.7 Å². The minimum Gasteiger partial charge on any atom is -0.271 e. The predicted molar refractivity (Wildman–Crippen MR) is 85.6 cm³/mol. The summed E-state index contributed by atoms with van der Waals surface area (Å²) in [5.41, 5.74) is 4.81. The average Bonchev–Trinajstić information content (AvgIpc) is 2.91. The number of benzene rings is 1. The van der Waals surface area contributed by atoms with Gasteiger partial charge >= 0.3 is 0 Å². The van der Waals surface area contributed by atoms with Gasteiger partial charge < -0.3 is 0 Å². The third-order valence-corrected chi connectivity index (χ3v) is 4.62. The zero-order valence-corrected chi connectivity index (χ0v) is 14.2. The molecule has 0 bridgehead atoms. The maximum atomic E-state index is 14.4. The van der Waals surface area contributed by atoms with Crippen molar-refractivity contribution in [2.45, 2.75) is 32.9 Å². The molecule has 1 aromatic heterocycles. The molecule has 114 valence electrons. The molecule has 1 atom stereocenters. The molecule has 0 radical (unpaired) electrons. The molecular weight excluding hydrogens is 359 g/mol. The van der Waals surface area contributed by atoms with Crippen molar-refractivity contribution in [2.24, 2.45) is 5.84 Å². The van der Waals surface area contributed by atoms with Crippen LogP contribution in [-0.2, 0) is 13.0 Å². The van der Waals surface area contributed by atoms with Gasteiger partial charge in [0.1, 0.15) is 5.82 Å². The van der Waals surface area contributed by atoms with Gasteiger partial charge in [0.2, 0.25) is 0 Å². The lowest BCUT2D eigenvalue weighted by molar-refractivity contribution is 0.515. The molecule has 0 saturated carbocycles. The van der Waals surface area contributed by atoms with E-state index >= 15 is 0 Å². The molecule has 0 saturated heterocycles. The van der Waals surface area contributed by atoms with E-state index in [0.29, 0.717) is 16.6 Å². The number of aromatic nitrogens is 2. The van der Waals surface area contributed by atoms with Gasteiger partial charge in [0.15, 0.2) is 0 Å². The van der Waals surface area contributed by atoms with Crippen molar-refractivity contribution >= 4 is 27.5 Å². The maximum Gasteiger partial charge on any atom is 0.148 e. The monoisotopic (exact) mass is 374 g/mol. The van der Waals surface area contributed by atoms with Crippen molar-refractivity contribution in [3.8, 4) is 0 Å². The first-order valence-electron chi connectivity index (χ1n) is 6.69. The Bertz CT molecular complexity index is 644. The summed E-state index contributed by atoms with van der Waals surface area (Å²) < 4.78 is 16.8. The van der Waals surface area contributed by atoms with E-state index in [4.69, 9.17) is 17.4 Å². The van der Waals surface area contributed by atoms with Gasteiger partial charge in [-0.1, -0.05) is 24.6 Å². The molecule has 0 fully saturated rings. The second-order valence-electron chi connectivity index (χ2n) is 4.59. The number of nitrogens with one attached hydrogen (secondary N) is 1. The normalized spacial score (nSPS) is 12.7. The number of hydrazine groups is 1. The van der Waals surface area contributed by atoms with Crippen LogP contribution in [0.3, 0.4) is 0 Å². The van der Waals surface area contributed by atoms with E-state index in [1.54, 1.807) is 12.1 Å². The molecule has 1 unspecified atom stereocenters. The zero-order valence-electron chi connectivity index (χ0n) is 11.8. The van der Waals surface area contributed by atoms with Crippen LogP contribution in [0.1, 0.15) is 36.8 Å². The smallest absolute Gasteiger partial charge is 0.148 e. The van der Waals surface area contributed by atoms with E-state index in [9.17, 15) is 4.39 Å². The molecule has 0 spiro atoms. The molecule has 1 heterocycles. The molecule has 21 heavy (non-hydrogen) atoms. The Labute approximate surface area is 136 Å². The Hall–Kier alpha value is -0.950. The molecule has 0 amide bonds. The van der Waals surface area contributed by atoms with Crippen molar-refractivity contribution < 1.29 is 4.39 Å². The molecule has 7 heteroatoms. The van der Waals surface area contributed by atoms with Gasteiger partial charge in [0, 0.05) is 16.6 Å². The molecule has 0 aliphatic heterocycles. The number of hydrogen-bond acceptors (Lipinski definition) is 3. The minimum absolute atomic E-state index is 0.0472. The largest absolute Gasteiger partial charge is 0.271 e. The summed E-state index contributed by atoms with van der Waals surface area (Å²) in [6.07, 6.45) is 0.806. The second-order valence-corrected chi connectivity index (χ2v) is 5.83. The van der Waals surface area contributed by atoms with Crippen LogP contribution in [0.5, 0.6) is 0 Å². The summed E-state index contributed by atoms with van der Waals surface area (Å²) in [6.45, 7) is 4.68. The second kappa shape index (κ2) is 6.87. The molecule has 2 aromatic rings. The Kier molecular flexibility index (Phi) is 5.37. The highest BCUT2D eigenvalue weighted by Crippen LogP contribution is 2.32. The van der Waals surface area contributed by atoms with E-state index in [-0.39, 0.29) is 5.02 Å². The van der Waals surface area contributed by atoms with Crippen molar-refractivity contribution in [1.29, 1.82) is 0 Å². The van der Waals surface area contributed by atoms with Gasteiger partial charge in [0.25, 0.3) is 0 Å². The number of nitrogens with two attached hydrogens (primary N) is 1. The van der Waals surface area contributed by atoms with Gasteiger partial charge in [-0.3, -0.25) is 10.5 Å².